The fourth-order valence-electron chi connectivity index (χ4n) is 2.49. The van der Waals surface area contributed by atoms with E-state index in [2.05, 4.69) is 20.3 Å². The molecule has 3 heterocycles. The summed E-state index contributed by atoms with van der Waals surface area (Å²) in [4.78, 5) is 12.8. The van der Waals surface area contributed by atoms with Gasteiger partial charge in [-0.2, -0.15) is 0 Å². The Morgan fingerprint density at radius 1 is 1.43 bits per heavy atom. The number of aromatic nitrogens is 4. The van der Waals surface area contributed by atoms with E-state index in [1.54, 1.807) is 10.9 Å². The second-order valence-electron chi connectivity index (χ2n) is 5.46. The molecule has 3 rings (SSSR count). The van der Waals surface area contributed by atoms with Crippen molar-refractivity contribution in [2.75, 3.05) is 11.9 Å². The molecule has 0 spiro atoms. The fourth-order valence-corrected chi connectivity index (χ4v) is 2.49. The van der Waals surface area contributed by atoms with E-state index in [1.165, 1.54) is 6.33 Å². The van der Waals surface area contributed by atoms with Crippen molar-refractivity contribution in [3.05, 3.63) is 12.7 Å². The first-order valence-electron chi connectivity index (χ1n) is 6.98. The first kappa shape index (κ1) is 14.2. The van der Waals surface area contributed by atoms with Crippen molar-refractivity contribution < 1.29 is 14.9 Å². The Morgan fingerprint density at radius 2 is 2.24 bits per heavy atom. The van der Waals surface area contributed by atoms with Gasteiger partial charge in [0.2, 0.25) is 0 Å². The highest BCUT2D eigenvalue weighted by Gasteiger charge is 2.35. The number of nitrogens with zero attached hydrogens (tertiary/aromatic N) is 4. The summed E-state index contributed by atoms with van der Waals surface area (Å²) in [6.07, 6.45) is 1.86. The van der Waals surface area contributed by atoms with Crippen molar-refractivity contribution in [3.63, 3.8) is 0 Å². The maximum Gasteiger partial charge on any atom is 0.167 e. The highest BCUT2D eigenvalue weighted by molar-refractivity contribution is 5.82. The molecule has 21 heavy (non-hydrogen) atoms. The van der Waals surface area contributed by atoms with Crippen LogP contribution >= 0.6 is 0 Å². The van der Waals surface area contributed by atoms with E-state index in [0.717, 1.165) is 0 Å². The smallest absolute Gasteiger partial charge is 0.167 e. The van der Waals surface area contributed by atoms with E-state index in [1.807, 2.05) is 13.8 Å². The summed E-state index contributed by atoms with van der Waals surface area (Å²) in [5.74, 6) is 0.672. The van der Waals surface area contributed by atoms with Crippen molar-refractivity contribution in [3.8, 4) is 0 Å². The van der Waals surface area contributed by atoms with Crippen LogP contribution in [0, 0.1) is 0 Å². The van der Waals surface area contributed by atoms with Crippen LogP contribution in [0.1, 0.15) is 26.5 Å². The topological polar surface area (TPSA) is 105 Å². The Bertz CT molecular complexity index is 629. The summed E-state index contributed by atoms with van der Waals surface area (Å²) in [6.45, 7) is 3.83. The highest BCUT2D eigenvalue weighted by atomic mass is 16.5. The zero-order chi connectivity index (χ0) is 15.0. The van der Waals surface area contributed by atoms with Gasteiger partial charge in [0, 0.05) is 12.5 Å². The standard InChI is InChI=1S/C13H19N5O3/c1-7(2)17-12-11-13(15-5-14-12)18(6-16-11)10-3-8(20)9(4-19)21-10/h5-10,19-20H,3-4H2,1-2H3,(H,14,15,17)/t8?,9-,10-/m1/s1. The molecule has 0 aliphatic carbocycles. The number of fused-ring (bicyclic) bond motifs is 1. The van der Waals surface area contributed by atoms with E-state index < -0.39 is 12.2 Å². The van der Waals surface area contributed by atoms with E-state index in [4.69, 9.17) is 9.84 Å². The monoisotopic (exact) mass is 293 g/mol. The van der Waals surface area contributed by atoms with E-state index >= 15 is 0 Å². The third kappa shape index (κ3) is 2.57. The van der Waals surface area contributed by atoms with Crippen LogP contribution in [0.4, 0.5) is 5.82 Å². The summed E-state index contributed by atoms with van der Waals surface area (Å²) >= 11 is 0. The van der Waals surface area contributed by atoms with Crippen LogP contribution in [0.5, 0.6) is 0 Å². The van der Waals surface area contributed by atoms with Crippen molar-refractivity contribution in [1.82, 2.24) is 19.5 Å². The van der Waals surface area contributed by atoms with Gasteiger partial charge in [-0.05, 0) is 13.8 Å². The number of rotatable bonds is 4. The van der Waals surface area contributed by atoms with Gasteiger partial charge in [0.15, 0.2) is 17.0 Å². The lowest BCUT2D eigenvalue weighted by molar-refractivity contribution is -0.0432. The van der Waals surface area contributed by atoms with Gasteiger partial charge in [-0.1, -0.05) is 0 Å². The molecule has 0 radical (unpaired) electrons. The van der Waals surface area contributed by atoms with Gasteiger partial charge in [0.25, 0.3) is 0 Å². The lowest BCUT2D eigenvalue weighted by Gasteiger charge is -2.14. The summed E-state index contributed by atoms with van der Waals surface area (Å²) in [6, 6.07) is 0.233. The van der Waals surface area contributed by atoms with Crippen LogP contribution in [0.2, 0.25) is 0 Å². The minimum absolute atomic E-state index is 0.209. The van der Waals surface area contributed by atoms with Gasteiger partial charge in [-0.15, -0.1) is 0 Å². The molecule has 2 aromatic heterocycles. The molecule has 1 fully saturated rings. The van der Waals surface area contributed by atoms with Crippen LogP contribution < -0.4 is 5.32 Å². The van der Waals surface area contributed by atoms with Crippen LogP contribution in [-0.2, 0) is 4.74 Å². The lowest BCUT2D eigenvalue weighted by atomic mass is 10.2. The van der Waals surface area contributed by atoms with Gasteiger partial charge < -0.3 is 20.3 Å². The molecular weight excluding hydrogens is 274 g/mol. The molecule has 0 amide bonds. The largest absolute Gasteiger partial charge is 0.394 e. The number of hydrogen-bond acceptors (Lipinski definition) is 7. The molecule has 3 atom stereocenters. The highest BCUT2D eigenvalue weighted by Crippen LogP contribution is 2.31. The Morgan fingerprint density at radius 3 is 2.90 bits per heavy atom. The second-order valence-corrected chi connectivity index (χ2v) is 5.46. The number of hydrogen-bond donors (Lipinski definition) is 3. The number of aliphatic hydroxyl groups excluding tert-OH is 2. The number of imidazole rings is 1. The quantitative estimate of drug-likeness (QED) is 0.744. The molecule has 114 valence electrons. The first-order valence-corrected chi connectivity index (χ1v) is 6.98. The average molecular weight is 293 g/mol. The Hall–Kier alpha value is -1.77. The minimum atomic E-state index is -0.687. The molecule has 3 N–H and O–H groups in total. The molecule has 1 saturated heterocycles. The predicted molar refractivity (Wildman–Crippen MR) is 75.7 cm³/mol. The minimum Gasteiger partial charge on any atom is -0.394 e. The SMILES string of the molecule is CC(C)Nc1ncnc2c1ncn2[C@H]1CC(O)[C@@H](CO)O1. The van der Waals surface area contributed by atoms with Crippen molar-refractivity contribution in [2.24, 2.45) is 0 Å². The summed E-state index contributed by atoms with van der Waals surface area (Å²) in [7, 11) is 0. The molecule has 2 aromatic rings. The van der Waals surface area contributed by atoms with Gasteiger partial charge in [0.05, 0.1) is 19.0 Å². The summed E-state index contributed by atoms with van der Waals surface area (Å²) < 4.78 is 7.40. The van der Waals surface area contributed by atoms with Crippen LogP contribution in [-0.4, -0.2) is 54.6 Å². The van der Waals surface area contributed by atoms with Crippen molar-refractivity contribution in [1.29, 1.82) is 0 Å². The number of anilines is 1. The van der Waals surface area contributed by atoms with Crippen molar-refractivity contribution >= 4 is 17.0 Å². The molecule has 0 saturated carbocycles. The zero-order valence-electron chi connectivity index (χ0n) is 12.0. The van der Waals surface area contributed by atoms with E-state index in [-0.39, 0.29) is 18.9 Å². The predicted octanol–water partition coefficient (Wildman–Crippen LogP) is 0.287. The molecule has 1 aliphatic rings. The normalized spacial score (nSPS) is 25.9. The third-order valence-corrected chi connectivity index (χ3v) is 3.48. The molecule has 0 aromatic carbocycles. The Kier molecular flexibility index (Phi) is 3.75. The number of nitrogens with one attached hydrogen (secondary N) is 1. The van der Waals surface area contributed by atoms with Crippen LogP contribution in [0.15, 0.2) is 12.7 Å². The maximum atomic E-state index is 9.84. The first-order chi connectivity index (χ1) is 10.1. The number of ether oxygens (including phenoxy) is 1. The van der Waals surface area contributed by atoms with E-state index in [9.17, 15) is 5.11 Å². The Labute approximate surface area is 121 Å². The molecule has 1 unspecified atom stereocenters. The summed E-state index contributed by atoms with van der Waals surface area (Å²) in [5, 5.41) is 22.2. The second kappa shape index (κ2) is 5.55. The van der Waals surface area contributed by atoms with E-state index in [0.29, 0.717) is 23.4 Å². The van der Waals surface area contributed by atoms with Crippen LogP contribution in [0.3, 0.4) is 0 Å². The molecule has 1 aliphatic heterocycles. The molecule has 8 heteroatoms. The van der Waals surface area contributed by atoms with Crippen molar-refractivity contribution in [2.45, 2.75) is 44.7 Å². The average Bonchev–Trinajstić information content (AvgIpc) is 3.02. The summed E-state index contributed by atoms with van der Waals surface area (Å²) in [5.41, 5.74) is 1.31. The lowest BCUT2D eigenvalue weighted by Crippen LogP contribution is -2.24. The van der Waals surface area contributed by atoms with Crippen LogP contribution in [0.25, 0.3) is 11.2 Å². The third-order valence-electron chi connectivity index (χ3n) is 3.48. The zero-order valence-corrected chi connectivity index (χ0v) is 12.0. The van der Waals surface area contributed by atoms with Gasteiger partial charge in [-0.3, -0.25) is 4.57 Å². The Balaban J connectivity index is 1.94. The van der Waals surface area contributed by atoms with Gasteiger partial charge in [0.1, 0.15) is 18.7 Å². The number of aliphatic hydroxyl groups is 2. The molecule has 0 bridgehead atoms. The van der Waals surface area contributed by atoms with Gasteiger partial charge >= 0.3 is 0 Å². The molecular formula is C13H19N5O3. The fraction of sp³-hybridized carbons (Fsp3) is 0.615. The maximum absolute atomic E-state index is 9.84. The molecule has 8 nitrogen and oxygen atoms in total. The van der Waals surface area contributed by atoms with Gasteiger partial charge in [-0.25, -0.2) is 15.0 Å².